The third-order valence-corrected chi connectivity index (χ3v) is 2.83. The first-order valence-electron chi connectivity index (χ1n) is 5.38. The summed E-state index contributed by atoms with van der Waals surface area (Å²) >= 11 is 0. The van der Waals surface area contributed by atoms with Crippen LogP contribution in [-0.4, -0.2) is 14.5 Å². The van der Waals surface area contributed by atoms with Gasteiger partial charge in [-0.25, -0.2) is 14.4 Å². The monoisotopic (exact) mass is 228 g/mol. The summed E-state index contributed by atoms with van der Waals surface area (Å²) in [5.41, 5.74) is 1.50. The third-order valence-electron chi connectivity index (χ3n) is 2.83. The second-order valence-electron chi connectivity index (χ2n) is 4.11. The van der Waals surface area contributed by atoms with Crippen molar-refractivity contribution in [1.82, 2.24) is 14.5 Å². The highest BCUT2D eigenvalue weighted by Crippen LogP contribution is 2.39. The molecule has 1 fully saturated rings. The number of halogens is 1. The first-order chi connectivity index (χ1) is 8.28. The predicted molar refractivity (Wildman–Crippen MR) is 58.0 cm³/mol. The zero-order valence-electron chi connectivity index (χ0n) is 8.97. The van der Waals surface area contributed by atoms with Crippen molar-refractivity contribution < 1.29 is 4.39 Å². The molecule has 2 heterocycles. The highest BCUT2D eigenvalue weighted by Gasteiger charge is 2.26. The van der Waals surface area contributed by atoms with Gasteiger partial charge in [0, 0.05) is 18.2 Å². The maximum atomic E-state index is 13.6. The van der Waals surface area contributed by atoms with Crippen LogP contribution in [-0.2, 0) is 0 Å². The van der Waals surface area contributed by atoms with Crippen molar-refractivity contribution in [3.8, 4) is 11.8 Å². The van der Waals surface area contributed by atoms with Gasteiger partial charge >= 0.3 is 0 Å². The SMILES string of the molecule is N#Cc1cc(-n2cnc(C3CC3)c2)c(F)cn1. The van der Waals surface area contributed by atoms with Gasteiger partial charge in [0.05, 0.1) is 23.9 Å². The van der Waals surface area contributed by atoms with Crippen molar-refractivity contribution in [3.63, 3.8) is 0 Å². The molecule has 2 aromatic heterocycles. The molecule has 0 unspecified atom stereocenters. The molecule has 0 atom stereocenters. The van der Waals surface area contributed by atoms with Crippen LogP contribution < -0.4 is 0 Å². The van der Waals surface area contributed by atoms with Crippen LogP contribution in [0.3, 0.4) is 0 Å². The highest BCUT2D eigenvalue weighted by molar-refractivity contribution is 5.38. The van der Waals surface area contributed by atoms with Gasteiger partial charge in [-0.1, -0.05) is 0 Å². The fourth-order valence-electron chi connectivity index (χ4n) is 1.75. The normalized spacial score (nSPS) is 14.6. The smallest absolute Gasteiger partial charge is 0.165 e. The Kier molecular flexibility index (Phi) is 2.15. The fraction of sp³-hybridized carbons (Fsp3) is 0.250. The predicted octanol–water partition coefficient (Wildman–Crippen LogP) is 2.16. The fourth-order valence-corrected chi connectivity index (χ4v) is 1.75. The van der Waals surface area contributed by atoms with Gasteiger partial charge in [-0.2, -0.15) is 5.26 Å². The standard InChI is InChI=1S/C12H9FN4/c13-10-5-15-9(4-14)3-12(10)17-6-11(16-7-17)8-1-2-8/h3,5-8H,1-2H2. The Morgan fingerprint density at radius 3 is 2.94 bits per heavy atom. The molecule has 3 rings (SSSR count). The summed E-state index contributed by atoms with van der Waals surface area (Å²) in [5, 5.41) is 8.74. The molecule has 0 saturated heterocycles. The summed E-state index contributed by atoms with van der Waals surface area (Å²) < 4.78 is 15.2. The molecule has 0 N–H and O–H groups in total. The first-order valence-corrected chi connectivity index (χ1v) is 5.38. The lowest BCUT2D eigenvalue weighted by Crippen LogP contribution is -1.97. The molecule has 0 spiro atoms. The molecule has 2 aromatic rings. The summed E-state index contributed by atoms with van der Waals surface area (Å²) in [7, 11) is 0. The van der Waals surface area contributed by atoms with Crippen LogP contribution in [0, 0.1) is 17.1 Å². The van der Waals surface area contributed by atoms with Gasteiger partial charge in [-0.3, -0.25) is 0 Å². The molecule has 1 aliphatic rings. The quantitative estimate of drug-likeness (QED) is 0.791. The van der Waals surface area contributed by atoms with Crippen LogP contribution in [0.25, 0.3) is 5.69 Å². The molecule has 0 radical (unpaired) electrons. The lowest BCUT2D eigenvalue weighted by molar-refractivity contribution is 0.611. The van der Waals surface area contributed by atoms with E-state index in [9.17, 15) is 4.39 Å². The highest BCUT2D eigenvalue weighted by atomic mass is 19.1. The minimum atomic E-state index is -0.455. The number of rotatable bonds is 2. The van der Waals surface area contributed by atoms with Gasteiger partial charge in [0.2, 0.25) is 0 Å². The van der Waals surface area contributed by atoms with Crippen molar-refractivity contribution >= 4 is 0 Å². The lowest BCUT2D eigenvalue weighted by atomic mass is 10.3. The molecule has 1 aliphatic carbocycles. The van der Waals surface area contributed by atoms with E-state index in [1.807, 2.05) is 12.3 Å². The minimum absolute atomic E-state index is 0.197. The molecule has 0 aromatic carbocycles. The average Bonchev–Trinajstić information content (AvgIpc) is 3.09. The number of nitrogens with zero attached hydrogens (tertiary/aromatic N) is 4. The van der Waals surface area contributed by atoms with Crippen molar-refractivity contribution in [2.75, 3.05) is 0 Å². The maximum absolute atomic E-state index is 13.6. The van der Waals surface area contributed by atoms with Crippen molar-refractivity contribution in [2.45, 2.75) is 18.8 Å². The number of aromatic nitrogens is 3. The average molecular weight is 228 g/mol. The minimum Gasteiger partial charge on any atom is -0.303 e. The van der Waals surface area contributed by atoms with Gasteiger partial charge in [0.15, 0.2) is 5.82 Å². The van der Waals surface area contributed by atoms with Crippen LogP contribution in [0.5, 0.6) is 0 Å². The van der Waals surface area contributed by atoms with Crippen LogP contribution in [0.15, 0.2) is 24.8 Å². The second-order valence-corrected chi connectivity index (χ2v) is 4.11. The molecule has 84 valence electrons. The van der Waals surface area contributed by atoms with Gasteiger partial charge in [0.25, 0.3) is 0 Å². The second kappa shape index (κ2) is 3.67. The first kappa shape index (κ1) is 9.97. The van der Waals surface area contributed by atoms with E-state index >= 15 is 0 Å². The lowest BCUT2D eigenvalue weighted by Gasteiger charge is -2.02. The summed E-state index contributed by atoms with van der Waals surface area (Å²) in [6.07, 6.45) is 6.76. The van der Waals surface area contributed by atoms with Gasteiger partial charge < -0.3 is 4.57 Å². The van der Waals surface area contributed by atoms with E-state index in [1.54, 1.807) is 10.9 Å². The van der Waals surface area contributed by atoms with Crippen LogP contribution >= 0.6 is 0 Å². The van der Waals surface area contributed by atoms with Crippen molar-refractivity contribution in [2.24, 2.45) is 0 Å². The van der Waals surface area contributed by atoms with E-state index in [0.717, 1.165) is 24.7 Å². The van der Waals surface area contributed by atoms with Crippen LogP contribution in [0.2, 0.25) is 0 Å². The maximum Gasteiger partial charge on any atom is 0.165 e. The van der Waals surface area contributed by atoms with E-state index < -0.39 is 5.82 Å². The van der Waals surface area contributed by atoms with Gasteiger partial charge in [-0.15, -0.1) is 0 Å². The molecule has 0 aliphatic heterocycles. The largest absolute Gasteiger partial charge is 0.303 e. The molecule has 17 heavy (non-hydrogen) atoms. The molecular weight excluding hydrogens is 219 g/mol. The Labute approximate surface area is 97.4 Å². The van der Waals surface area contributed by atoms with Gasteiger partial charge in [-0.05, 0) is 12.8 Å². The molecule has 4 nitrogen and oxygen atoms in total. The Morgan fingerprint density at radius 2 is 2.24 bits per heavy atom. The van der Waals surface area contributed by atoms with E-state index in [4.69, 9.17) is 5.26 Å². The molecule has 1 saturated carbocycles. The van der Waals surface area contributed by atoms with Crippen LogP contribution in [0.1, 0.15) is 30.1 Å². The number of hydrogen-bond acceptors (Lipinski definition) is 3. The number of hydrogen-bond donors (Lipinski definition) is 0. The number of pyridine rings is 1. The van der Waals surface area contributed by atoms with Gasteiger partial charge in [0.1, 0.15) is 11.8 Å². The Hall–Kier alpha value is -2.22. The van der Waals surface area contributed by atoms with E-state index in [2.05, 4.69) is 9.97 Å². The summed E-state index contributed by atoms with van der Waals surface area (Å²) in [5.74, 6) is 0.0698. The number of imidazole rings is 1. The number of nitriles is 1. The molecule has 5 heteroatoms. The Balaban J connectivity index is 2.04. The summed E-state index contributed by atoms with van der Waals surface area (Å²) in [6, 6.07) is 3.32. The summed E-state index contributed by atoms with van der Waals surface area (Å²) in [4.78, 5) is 7.91. The molecule has 0 amide bonds. The summed E-state index contributed by atoms with van der Waals surface area (Å²) in [6.45, 7) is 0. The van der Waals surface area contributed by atoms with Crippen molar-refractivity contribution in [3.05, 3.63) is 42.0 Å². The zero-order valence-corrected chi connectivity index (χ0v) is 8.97. The Bertz CT molecular complexity index is 607. The van der Waals surface area contributed by atoms with E-state index in [0.29, 0.717) is 11.6 Å². The van der Waals surface area contributed by atoms with Crippen LogP contribution in [0.4, 0.5) is 4.39 Å². The Morgan fingerprint density at radius 1 is 1.41 bits per heavy atom. The molecular formula is C12H9FN4. The molecule has 0 bridgehead atoms. The van der Waals surface area contributed by atoms with Crippen molar-refractivity contribution in [1.29, 1.82) is 5.26 Å². The van der Waals surface area contributed by atoms with E-state index in [-0.39, 0.29) is 5.69 Å². The zero-order chi connectivity index (χ0) is 11.8. The topological polar surface area (TPSA) is 54.5 Å². The third kappa shape index (κ3) is 1.78. The van der Waals surface area contributed by atoms with E-state index in [1.165, 1.54) is 6.07 Å².